The van der Waals surface area contributed by atoms with Gasteiger partial charge in [0, 0.05) is 6.42 Å². The third-order valence-electron chi connectivity index (χ3n) is 4.35. The molecule has 0 aliphatic carbocycles. The van der Waals surface area contributed by atoms with E-state index in [4.69, 9.17) is 5.11 Å². The summed E-state index contributed by atoms with van der Waals surface area (Å²) in [7, 11) is 0. The molecule has 0 bridgehead atoms. The molecule has 0 aliphatic heterocycles. The van der Waals surface area contributed by atoms with Gasteiger partial charge in [-0.3, -0.25) is 4.79 Å². The molecular formula is C20H39NO3. The first-order valence-electron chi connectivity index (χ1n) is 9.99. The van der Waals surface area contributed by atoms with Crippen LogP contribution in [-0.2, 0) is 9.59 Å². The molecule has 142 valence electrons. The third-order valence-corrected chi connectivity index (χ3v) is 4.35. The number of unbranched alkanes of at least 4 members (excludes halogenated alkanes) is 10. The van der Waals surface area contributed by atoms with E-state index in [0.717, 1.165) is 12.8 Å². The van der Waals surface area contributed by atoms with Gasteiger partial charge in [-0.1, -0.05) is 85.0 Å². The Bertz CT molecular complexity index is 329. The van der Waals surface area contributed by atoms with Crippen LogP contribution in [-0.4, -0.2) is 23.0 Å². The molecule has 2 N–H and O–H groups in total. The van der Waals surface area contributed by atoms with E-state index >= 15 is 0 Å². The maximum Gasteiger partial charge on any atom is 0.326 e. The number of hydrogen-bond acceptors (Lipinski definition) is 2. The molecule has 0 saturated heterocycles. The Morgan fingerprint density at radius 3 is 1.71 bits per heavy atom. The first-order valence-corrected chi connectivity index (χ1v) is 9.99. The van der Waals surface area contributed by atoms with Gasteiger partial charge in [-0.15, -0.1) is 0 Å². The lowest BCUT2D eigenvalue weighted by molar-refractivity contribution is -0.142. The minimum atomic E-state index is -0.934. The number of carboxylic acid groups (broad SMARTS) is 1. The summed E-state index contributed by atoms with van der Waals surface area (Å²) < 4.78 is 0. The highest BCUT2D eigenvalue weighted by atomic mass is 16.4. The van der Waals surface area contributed by atoms with Crippen molar-refractivity contribution < 1.29 is 14.7 Å². The van der Waals surface area contributed by atoms with Gasteiger partial charge in [0.15, 0.2) is 0 Å². The van der Waals surface area contributed by atoms with Gasteiger partial charge in [-0.2, -0.15) is 0 Å². The lowest BCUT2D eigenvalue weighted by Crippen LogP contribution is -2.41. The molecule has 1 atom stereocenters. The molecule has 24 heavy (non-hydrogen) atoms. The van der Waals surface area contributed by atoms with E-state index in [2.05, 4.69) is 12.2 Å². The minimum absolute atomic E-state index is 0.126. The molecule has 1 amide bonds. The fourth-order valence-electron chi connectivity index (χ4n) is 2.91. The van der Waals surface area contributed by atoms with E-state index in [0.29, 0.717) is 12.8 Å². The summed E-state index contributed by atoms with van der Waals surface area (Å²) in [5, 5.41) is 11.8. The van der Waals surface area contributed by atoms with Crippen LogP contribution < -0.4 is 5.32 Å². The van der Waals surface area contributed by atoms with Gasteiger partial charge < -0.3 is 10.4 Å². The molecule has 0 aromatic carbocycles. The van der Waals surface area contributed by atoms with Crippen molar-refractivity contribution in [3.05, 3.63) is 0 Å². The minimum Gasteiger partial charge on any atom is -0.480 e. The monoisotopic (exact) mass is 341 g/mol. The van der Waals surface area contributed by atoms with Crippen LogP contribution in [0.15, 0.2) is 0 Å². The van der Waals surface area contributed by atoms with Crippen LogP contribution in [0.25, 0.3) is 0 Å². The molecule has 4 heteroatoms. The summed E-state index contributed by atoms with van der Waals surface area (Å²) >= 11 is 0. The highest BCUT2D eigenvalue weighted by molar-refractivity contribution is 5.83. The number of nitrogens with one attached hydrogen (secondary N) is 1. The first kappa shape index (κ1) is 22.9. The van der Waals surface area contributed by atoms with Gasteiger partial charge >= 0.3 is 5.97 Å². The van der Waals surface area contributed by atoms with E-state index in [-0.39, 0.29) is 11.8 Å². The molecule has 0 saturated carbocycles. The summed E-state index contributed by atoms with van der Waals surface area (Å²) in [5.74, 6) is -0.802. The van der Waals surface area contributed by atoms with Crippen molar-refractivity contribution in [2.45, 2.75) is 110 Å². The number of amides is 1. The smallest absolute Gasteiger partial charge is 0.326 e. The summed E-state index contributed by atoms with van der Waals surface area (Å²) in [6.45, 7) is 6.17. The molecule has 0 radical (unpaired) electrons. The quantitative estimate of drug-likeness (QED) is 0.374. The number of carbonyl (C=O) groups is 2. The predicted octanol–water partition coefficient (Wildman–Crippen LogP) is 5.30. The van der Waals surface area contributed by atoms with Crippen LogP contribution in [0.3, 0.4) is 0 Å². The average molecular weight is 342 g/mol. The van der Waals surface area contributed by atoms with E-state index in [9.17, 15) is 9.59 Å². The standard InChI is InChI=1S/C20H39NO3/c1-4-5-6-7-8-9-10-11-12-13-14-15-19(22)21-18(20(23)24)16-17(2)3/h17-18H,4-16H2,1-3H3,(H,21,22)(H,23,24)/t18-/m1/s1. The molecule has 0 spiro atoms. The van der Waals surface area contributed by atoms with Gasteiger partial charge in [-0.05, 0) is 18.8 Å². The Morgan fingerprint density at radius 2 is 1.29 bits per heavy atom. The van der Waals surface area contributed by atoms with Crippen LogP contribution in [0.2, 0.25) is 0 Å². The topological polar surface area (TPSA) is 66.4 Å². The van der Waals surface area contributed by atoms with Gasteiger partial charge in [-0.25, -0.2) is 4.79 Å². The molecule has 0 aliphatic rings. The van der Waals surface area contributed by atoms with Crippen molar-refractivity contribution in [3.63, 3.8) is 0 Å². The lowest BCUT2D eigenvalue weighted by Gasteiger charge is -2.16. The number of aliphatic carboxylic acids is 1. The van der Waals surface area contributed by atoms with Crippen molar-refractivity contribution in [3.8, 4) is 0 Å². The maximum atomic E-state index is 11.8. The Labute approximate surface area is 148 Å². The zero-order valence-corrected chi connectivity index (χ0v) is 16.1. The van der Waals surface area contributed by atoms with E-state index in [1.54, 1.807) is 0 Å². The molecular weight excluding hydrogens is 302 g/mol. The highest BCUT2D eigenvalue weighted by Gasteiger charge is 2.20. The molecule has 0 rings (SSSR count). The number of rotatable bonds is 16. The lowest BCUT2D eigenvalue weighted by atomic mass is 10.0. The molecule has 0 fully saturated rings. The van der Waals surface area contributed by atoms with Crippen molar-refractivity contribution in [1.82, 2.24) is 5.32 Å². The molecule has 0 unspecified atom stereocenters. The second-order valence-corrected chi connectivity index (χ2v) is 7.37. The number of hydrogen-bond donors (Lipinski definition) is 2. The second-order valence-electron chi connectivity index (χ2n) is 7.37. The average Bonchev–Trinajstić information content (AvgIpc) is 2.51. The number of carboxylic acids is 1. The maximum absolute atomic E-state index is 11.8. The summed E-state index contributed by atoms with van der Waals surface area (Å²) in [6, 6.07) is -0.745. The second kappa shape index (κ2) is 15.5. The molecule has 0 aromatic rings. The van der Waals surface area contributed by atoms with Gasteiger partial charge in [0.1, 0.15) is 6.04 Å². The molecule has 4 nitrogen and oxygen atoms in total. The van der Waals surface area contributed by atoms with Crippen LogP contribution in [0.5, 0.6) is 0 Å². The van der Waals surface area contributed by atoms with Crippen LogP contribution >= 0.6 is 0 Å². The van der Waals surface area contributed by atoms with Crippen molar-refractivity contribution in [1.29, 1.82) is 0 Å². The van der Waals surface area contributed by atoms with Crippen molar-refractivity contribution in [2.24, 2.45) is 5.92 Å². The van der Waals surface area contributed by atoms with Gasteiger partial charge in [0.05, 0.1) is 0 Å². The Morgan fingerprint density at radius 1 is 0.833 bits per heavy atom. The van der Waals surface area contributed by atoms with Crippen LogP contribution in [0.1, 0.15) is 104 Å². The first-order chi connectivity index (χ1) is 11.5. The van der Waals surface area contributed by atoms with Crippen molar-refractivity contribution >= 4 is 11.9 Å². The van der Waals surface area contributed by atoms with Crippen molar-refractivity contribution in [2.75, 3.05) is 0 Å². The Hall–Kier alpha value is -1.06. The molecule has 0 heterocycles. The SMILES string of the molecule is CCCCCCCCCCCCCC(=O)N[C@H](CC(C)C)C(=O)O. The Kier molecular flexibility index (Phi) is 14.8. The fourth-order valence-corrected chi connectivity index (χ4v) is 2.91. The van der Waals surface area contributed by atoms with E-state index in [1.165, 1.54) is 57.8 Å². The van der Waals surface area contributed by atoms with E-state index in [1.807, 2.05) is 13.8 Å². The zero-order valence-electron chi connectivity index (χ0n) is 16.1. The Balaban J connectivity index is 3.53. The fraction of sp³-hybridized carbons (Fsp3) is 0.900. The summed E-state index contributed by atoms with van der Waals surface area (Å²) in [6.07, 6.45) is 14.7. The predicted molar refractivity (Wildman–Crippen MR) is 100 cm³/mol. The summed E-state index contributed by atoms with van der Waals surface area (Å²) in [5.41, 5.74) is 0. The normalized spacial score (nSPS) is 12.3. The van der Waals surface area contributed by atoms with Gasteiger partial charge in [0.2, 0.25) is 5.91 Å². The highest BCUT2D eigenvalue weighted by Crippen LogP contribution is 2.12. The van der Waals surface area contributed by atoms with Gasteiger partial charge in [0.25, 0.3) is 0 Å². The van der Waals surface area contributed by atoms with E-state index < -0.39 is 12.0 Å². The number of carbonyl (C=O) groups excluding carboxylic acids is 1. The van der Waals surface area contributed by atoms with Crippen LogP contribution in [0.4, 0.5) is 0 Å². The third kappa shape index (κ3) is 14.5. The largest absolute Gasteiger partial charge is 0.480 e. The molecule has 0 aromatic heterocycles. The van der Waals surface area contributed by atoms with Crippen LogP contribution in [0, 0.1) is 5.92 Å². The summed E-state index contributed by atoms with van der Waals surface area (Å²) in [4.78, 5) is 22.9. The zero-order chi connectivity index (χ0) is 18.2.